The van der Waals surface area contributed by atoms with Gasteiger partial charge in [0.15, 0.2) is 0 Å². The Labute approximate surface area is 170 Å². The van der Waals surface area contributed by atoms with Gasteiger partial charge in [-0.15, -0.1) is 0 Å². The zero-order valence-electron chi connectivity index (χ0n) is 17.4. The summed E-state index contributed by atoms with van der Waals surface area (Å²) in [5.74, 6) is 1.08. The topological polar surface area (TPSA) is 97.0 Å². The van der Waals surface area contributed by atoms with E-state index in [1.807, 2.05) is 13.0 Å². The molecule has 1 saturated heterocycles. The maximum absolute atomic E-state index is 12.9. The zero-order chi connectivity index (χ0) is 21.2. The lowest BCUT2D eigenvalue weighted by Gasteiger charge is -2.33. The summed E-state index contributed by atoms with van der Waals surface area (Å²) in [6.45, 7) is 3.66. The van der Waals surface area contributed by atoms with E-state index in [-0.39, 0.29) is 18.5 Å². The Morgan fingerprint density at radius 1 is 1.28 bits per heavy atom. The molecule has 2 aliphatic rings. The number of ether oxygens (including phenoxy) is 2. The van der Waals surface area contributed by atoms with E-state index in [2.05, 4.69) is 17.6 Å². The molecule has 4 amide bonds. The fraction of sp³-hybridized carbons (Fsp3) is 0.571. The van der Waals surface area contributed by atoms with Gasteiger partial charge in [-0.2, -0.15) is 0 Å². The number of benzene rings is 1. The van der Waals surface area contributed by atoms with Gasteiger partial charge in [0, 0.05) is 11.6 Å². The number of urea groups is 1. The Bertz CT molecular complexity index is 802. The van der Waals surface area contributed by atoms with Crippen LogP contribution in [0.1, 0.15) is 51.1 Å². The molecule has 1 atom stereocenters. The van der Waals surface area contributed by atoms with Crippen LogP contribution in [0.4, 0.5) is 4.79 Å². The molecule has 8 heteroatoms. The summed E-state index contributed by atoms with van der Waals surface area (Å²) < 4.78 is 10.6. The number of amides is 4. The number of nitrogens with zero attached hydrogens (tertiary/aromatic N) is 1. The Kier molecular flexibility index (Phi) is 6.00. The summed E-state index contributed by atoms with van der Waals surface area (Å²) in [6.07, 6.45) is 3.02. The molecule has 1 spiro atoms. The van der Waals surface area contributed by atoms with Crippen molar-refractivity contribution in [2.24, 2.45) is 5.92 Å². The molecule has 2 fully saturated rings. The molecule has 1 unspecified atom stereocenters. The molecule has 0 aromatic heterocycles. The van der Waals surface area contributed by atoms with Crippen LogP contribution in [0.5, 0.6) is 11.5 Å². The molecule has 1 aromatic carbocycles. The second-order valence-electron chi connectivity index (χ2n) is 7.98. The lowest BCUT2D eigenvalue weighted by atomic mass is 9.77. The number of carbonyl (C=O) groups is 3. The minimum Gasteiger partial charge on any atom is -0.497 e. The molecule has 1 aliphatic carbocycles. The minimum absolute atomic E-state index is 0.292. The lowest BCUT2D eigenvalue weighted by Crippen LogP contribution is -2.50. The monoisotopic (exact) mass is 403 g/mol. The Hall–Kier alpha value is -2.77. The smallest absolute Gasteiger partial charge is 0.325 e. The number of methoxy groups -OCH3 is 2. The predicted molar refractivity (Wildman–Crippen MR) is 107 cm³/mol. The lowest BCUT2D eigenvalue weighted by molar-refractivity contribution is -0.136. The van der Waals surface area contributed by atoms with E-state index in [0.29, 0.717) is 30.3 Å². The summed E-state index contributed by atoms with van der Waals surface area (Å²) in [5, 5.41) is 5.68. The summed E-state index contributed by atoms with van der Waals surface area (Å²) in [4.78, 5) is 38.9. The number of rotatable bonds is 6. The van der Waals surface area contributed by atoms with Crippen molar-refractivity contribution in [2.75, 3.05) is 20.8 Å². The number of carbonyl (C=O) groups excluding carboxylic acids is 3. The molecule has 0 bridgehead atoms. The maximum atomic E-state index is 12.9. The van der Waals surface area contributed by atoms with Crippen molar-refractivity contribution < 1.29 is 23.9 Å². The molecular formula is C21H29N3O5. The molecule has 3 rings (SSSR count). The van der Waals surface area contributed by atoms with Crippen molar-refractivity contribution in [3.63, 3.8) is 0 Å². The van der Waals surface area contributed by atoms with Gasteiger partial charge >= 0.3 is 6.03 Å². The van der Waals surface area contributed by atoms with Crippen molar-refractivity contribution >= 4 is 17.8 Å². The fourth-order valence-corrected chi connectivity index (χ4v) is 4.10. The third-order valence-corrected chi connectivity index (χ3v) is 5.96. The van der Waals surface area contributed by atoms with Crippen LogP contribution >= 0.6 is 0 Å². The van der Waals surface area contributed by atoms with Crippen LogP contribution in [0.25, 0.3) is 0 Å². The Balaban J connectivity index is 1.65. The van der Waals surface area contributed by atoms with Gasteiger partial charge in [-0.05, 0) is 50.7 Å². The number of imide groups is 1. The van der Waals surface area contributed by atoms with Crippen LogP contribution in [0, 0.1) is 5.92 Å². The normalized spacial score (nSPS) is 25.0. The van der Waals surface area contributed by atoms with Gasteiger partial charge in [-0.1, -0.05) is 6.92 Å². The summed E-state index contributed by atoms with van der Waals surface area (Å²) in [5.41, 5.74) is -0.0640. The summed E-state index contributed by atoms with van der Waals surface area (Å²) in [7, 11) is 3.11. The molecule has 2 N–H and O–H groups in total. The molecule has 1 aliphatic heterocycles. The number of hydrogen-bond donors (Lipinski definition) is 2. The van der Waals surface area contributed by atoms with Crippen LogP contribution < -0.4 is 20.1 Å². The maximum Gasteiger partial charge on any atom is 0.325 e. The molecule has 1 heterocycles. The quantitative estimate of drug-likeness (QED) is 0.711. The minimum atomic E-state index is -0.839. The molecular weight excluding hydrogens is 374 g/mol. The van der Waals surface area contributed by atoms with Crippen LogP contribution in [-0.2, 0) is 9.59 Å². The third-order valence-electron chi connectivity index (χ3n) is 5.96. The summed E-state index contributed by atoms with van der Waals surface area (Å²) >= 11 is 0. The highest BCUT2D eigenvalue weighted by Crippen LogP contribution is 2.36. The highest BCUT2D eigenvalue weighted by atomic mass is 16.5. The third kappa shape index (κ3) is 4.16. The SMILES string of the molecule is COc1ccc(C(C)NC(=O)CN2C(=O)NC3(CCC(C)CC3)C2=O)c(OC)c1. The first-order valence-electron chi connectivity index (χ1n) is 9.95. The molecule has 29 heavy (non-hydrogen) atoms. The van der Waals surface area contributed by atoms with Gasteiger partial charge in [0.25, 0.3) is 5.91 Å². The Morgan fingerprint density at radius 2 is 1.97 bits per heavy atom. The van der Waals surface area contributed by atoms with Crippen LogP contribution in [0.2, 0.25) is 0 Å². The average molecular weight is 403 g/mol. The Morgan fingerprint density at radius 3 is 2.59 bits per heavy atom. The molecule has 0 radical (unpaired) electrons. The second-order valence-corrected chi connectivity index (χ2v) is 7.98. The first-order valence-corrected chi connectivity index (χ1v) is 9.95. The van der Waals surface area contributed by atoms with Gasteiger partial charge in [-0.25, -0.2) is 4.79 Å². The van der Waals surface area contributed by atoms with Gasteiger partial charge in [0.1, 0.15) is 23.6 Å². The number of nitrogens with one attached hydrogen (secondary N) is 2. The highest BCUT2D eigenvalue weighted by molar-refractivity contribution is 6.09. The fourth-order valence-electron chi connectivity index (χ4n) is 4.10. The van der Waals surface area contributed by atoms with Crippen molar-refractivity contribution in [1.29, 1.82) is 0 Å². The van der Waals surface area contributed by atoms with E-state index in [9.17, 15) is 14.4 Å². The molecule has 8 nitrogen and oxygen atoms in total. The average Bonchev–Trinajstić information content (AvgIpc) is 2.93. The van der Waals surface area contributed by atoms with Crippen LogP contribution in [0.15, 0.2) is 18.2 Å². The van der Waals surface area contributed by atoms with E-state index >= 15 is 0 Å². The van der Waals surface area contributed by atoms with E-state index in [1.165, 1.54) is 0 Å². The van der Waals surface area contributed by atoms with Crippen LogP contribution in [0.3, 0.4) is 0 Å². The van der Waals surface area contributed by atoms with E-state index in [0.717, 1.165) is 23.3 Å². The van der Waals surface area contributed by atoms with Crippen molar-refractivity contribution in [3.05, 3.63) is 23.8 Å². The molecule has 1 aromatic rings. The van der Waals surface area contributed by atoms with Crippen LogP contribution in [-0.4, -0.2) is 49.0 Å². The van der Waals surface area contributed by atoms with Gasteiger partial charge in [-0.3, -0.25) is 14.5 Å². The molecule has 1 saturated carbocycles. The number of hydrogen-bond acceptors (Lipinski definition) is 5. The molecule has 158 valence electrons. The first-order chi connectivity index (χ1) is 13.8. The first kappa shape index (κ1) is 21.0. The zero-order valence-corrected chi connectivity index (χ0v) is 17.4. The largest absolute Gasteiger partial charge is 0.497 e. The van der Waals surface area contributed by atoms with Crippen molar-refractivity contribution in [2.45, 2.75) is 51.1 Å². The van der Waals surface area contributed by atoms with Gasteiger partial charge in [0.05, 0.1) is 20.3 Å². The highest BCUT2D eigenvalue weighted by Gasteiger charge is 2.52. The van der Waals surface area contributed by atoms with E-state index in [4.69, 9.17) is 9.47 Å². The standard InChI is InChI=1S/C21H29N3O5/c1-13-7-9-21(10-8-13)19(26)24(20(27)23-21)12-18(25)22-14(2)16-6-5-15(28-3)11-17(16)29-4/h5-6,11,13-14H,7-10,12H2,1-4H3,(H,22,25)(H,23,27). The van der Waals surface area contributed by atoms with Gasteiger partial charge < -0.3 is 20.1 Å². The van der Waals surface area contributed by atoms with Crippen molar-refractivity contribution in [1.82, 2.24) is 15.5 Å². The van der Waals surface area contributed by atoms with Gasteiger partial charge in [0.2, 0.25) is 5.91 Å². The van der Waals surface area contributed by atoms with E-state index in [1.54, 1.807) is 26.4 Å². The predicted octanol–water partition coefficient (Wildman–Crippen LogP) is 2.38. The summed E-state index contributed by atoms with van der Waals surface area (Å²) in [6, 6.07) is 4.48. The second kappa shape index (κ2) is 8.31. The van der Waals surface area contributed by atoms with E-state index < -0.39 is 17.5 Å². The van der Waals surface area contributed by atoms with Crippen molar-refractivity contribution in [3.8, 4) is 11.5 Å².